The molecule has 116 valence electrons. The van der Waals surface area contributed by atoms with Crippen LogP contribution in [0.3, 0.4) is 0 Å². The van der Waals surface area contributed by atoms with E-state index in [2.05, 4.69) is 20.3 Å². The minimum atomic E-state index is -3.22. The maximum atomic E-state index is 14.8. The molecule has 0 unspecified atom stereocenters. The molecule has 3 aromatic rings. The lowest BCUT2D eigenvalue weighted by atomic mass is 10.1. The standard InChI is InChI=1S/C17H14F2N4/c1-20-15-11-14(17(18,19)12-7-3-2-4-8-12)22-16(23-15)13-9-5-6-10-21-13/h2-11H,1H3,(H,20,22,23). The number of pyridine rings is 1. The van der Waals surface area contributed by atoms with Crippen LogP contribution in [-0.4, -0.2) is 22.0 Å². The van der Waals surface area contributed by atoms with E-state index in [1.54, 1.807) is 49.6 Å². The summed E-state index contributed by atoms with van der Waals surface area (Å²) in [6.07, 6.45) is 1.57. The molecule has 0 aliphatic carbocycles. The van der Waals surface area contributed by atoms with Crippen molar-refractivity contribution in [3.63, 3.8) is 0 Å². The molecule has 0 amide bonds. The largest absolute Gasteiger partial charge is 0.373 e. The van der Waals surface area contributed by atoms with Crippen LogP contribution in [0.15, 0.2) is 60.8 Å². The van der Waals surface area contributed by atoms with Crippen LogP contribution in [0.2, 0.25) is 0 Å². The van der Waals surface area contributed by atoms with Gasteiger partial charge in [0.1, 0.15) is 17.2 Å². The number of rotatable bonds is 4. The Morgan fingerprint density at radius 2 is 1.70 bits per heavy atom. The molecule has 4 nitrogen and oxygen atoms in total. The molecular formula is C17H14F2N4. The highest BCUT2D eigenvalue weighted by molar-refractivity contribution is 5.53. The van der Waals surface area contributed by atoms with E-state index in [9.17, 15) is 8.78 Å². The van der Waals surface area contributed by atoms with Crippen molar-refractivity contribution in [3.8, 4) is 11.5 Å². The summed E-state index contributed by atoms with van der Waals surface area (Å²) in [5, 5.41) is 2.79. The Morgan fingerprint density at radius 3 is 2.35 bits per heavy atom. The fourth-order valence-electron chi connectivity index (χ4n) is 2.14. The third-order valence-corrected chi connectivity index (χ3v) is 3.33. The maximum absolute atomic E-state index is 14.8. The molecule has 6 heteroatoms. The number of nitrogens with zero attached hydrogens (tertiary/aromatic N) is 3. The van der Waals surface area contributed by atoms with E-state index in [1.807, 2.05) is 0 Å². The van der Waals surface area contributed by atoms with Crippen molar-refractivity contribution in [2.75, 3.05) is 12.4 Å². The van der Waals surface area contributed by atoms with E-state index < -0.39 is 5.92 Å². The van der Waals surface area contributed by atoms with Gasteiger partial charge in [0.05, 0.1) is 0 Å². The second-order valence-corrected chi connectivity index (χ2v) is 4.87. The average molecular weight is 312 g/mol. The molecular weight excluding hydrogens is 298 g/mol. The van der Waals surface area contributed by atoms with Crippen molar-refractivity contribution in [2.45, 2.75) is 5.92 Å². The first-order valence-electron chi connectivity index (χ1n) is 7.03. The van der Waals surface area contributed by atoms with E-state index in [1.165, 1.54) is 18.2 Å². The minimum absolute atomic E-state index is 0.118. The molecule has 1 aromatic carbocycles. The van der Waals surface area contributed by atoms with E-state index in [0.29, 0.717) is 11.5 Å². The third kappa shape index (κ3) is 3.01. The summed E-state index contributed by atoms with van der Waals surface area (Å²) in [5.41, 5.74) is -0.0499. The SMILES string of the molecule is CNc1cc(C(F)(F)c2ccccc2)nc(-c2ccccn2)n1. The summed E-state index contributed by atoms with van der Waals surface area (Å²) in [6, 6.07) is 14.0. The predicted molar refractivity (Wildman–Crippen MR) is 84.2 cm³/mol. The monoisotopic (exact) mass is 312 g/mol. The van der Waals surface area contributed by atoms with Crippen molar-refractivity contribution in [3.05, 3.63) is 72.1 Å². The summed E-state index contributed by atoms with van der Waals surface area (Å²) in [7, 11) is 1.62. The lowest BCUT2D eigenvalue weighted by molar-refractivity contribution is 0.0380. The molecule has 0 aliphatic rings. The first-order valence-corrected chi connectivity index (χ1v) is 7.03. The van der Waals surface area contributed by atoms with Gasteiger partial charge in [0.25, 0.3) is 0 Å². The molecule has 0 fully saturated rings. The predicted octanol–water partition coefficient (Wildman–Crippen LogP) is 3.72. The van der Waals surface area contributed by atoms with Gasteiger partial charge in [0, 0.05) is 24.9 Å². The number of hydrogen-bond acceptors (Lipinski definition) is 4. The first kappa shape index (κ1) is 15.0. The number of anilines is 1. The molecule has 0 atom stereocenters. The number of alkyl halides is 2. The van der Waals surface area contributed by atoms with Gasteiger partial charge in [-0.3, -0.25) is 4.98 Å². The highest BCUT2D eigenvalue weighted by atomic mass is 19.3. The fraction of sp³-hybridized carbons (Fsp3) is 0.118. The second-order valence-electron chi connectivity index (χ2n) is 4.87. The fourth-order valence-corrected chi connectivity index (χ4v) is 2.14. The highest BCUT2D eigenvalue weighted by Crippen LogP contribution is 2.35. The van der Waals surface area contributed by atoms with Crippen LogP contribution in [0, 0.1) is 0 Å². The molecule has 23 heavy (non-hydrogen) atoms. The zero-order valence-corrected chi connectivity index (χ0v) is 12.4. The molecule has 0 saturated heterocycles. The summed E-state index contributed by atoms with van der Waals surface area (Å²) in [5.74, 6) is -2.76. The van der Waals surface area contributed by atoms with Gasteiger partial charge in [-0.25, -0.2) is 9.97 Å². The molecule has 0 bridgehead atoms. The van der Waals surface area contributed by atoms with Gasteiger partial charge < -0.3 is 5.32 Å². The molecule has 0 saturated carbocycles. The zero-order valence-electron chi connectivity index (χ0n) is 12.4. The van der Waals surface area contributed by atoms with Crippen LogP contribution in [0.25, 0.3) is 11.5 Å². The molecule has 2 heterocycles. The van der Waals surface area contributed by atoms with Crippen LogP contribution in [-0.2, 0) is 5.92 Å². The second kappa shape index (κ2) is 6.08. The summed E-state index contributed by atoms with van der Waals surface area (Å²) in [6.45, 7) is 0. The van der Waals surface area contributed by atoms with Gasteiger partial charge in [0.2, 0.25) is 0 Å². The smallest absolute Gasteiger partial charge is 0.315 e. The van der Waals surface area contributed by atoms with Crippen molar-refractivity contribution < 1.29 is 8.78 Å². The molecule has 0 aliphatic heterocycles. The number of halogens is 2. The Balaban J connectivity index is 2.13. The summed E-state index contributed by atoms with van der Waals surface area (Å²) < 4.78 is 29.5. The Bertz CT molecular complexity index is 792. The Morgan fingerprint density at radius 1 is 0.957 bits per heavy atom. The van der Waals surface area contributed by atoms with E-state index in [4.69, 9.17) is 0 Å². The van der Waals surface area contributed by atoms with Crippen LogP contribution in [0.1, 0.15) is 11.3 Å². The number of nitrogens with one attached hydrogen (secondary N) is 1. The topological polar surface area (TPSA) is 50.7 Å². The van der Waals surface area contributed by atoms with Gasteiger partial charge in [-0.05, 0) is 12.1 Å². The third-order valence-electron chi connectivity index (χ3n) is 3.33. The number of benzene rings is 1. The van der Waals surface area contributed by atoms with Crippen LogP contribution < -0.4 is 5.32 Å². The van der Waals surface area contributed by atoms with E-state index in [-0.39, 0.29) is 17.1 Å². The van der Waals surface area contributed by atoms with Crippen LogP contribution in [0.5, 0.6) is 0 Å². The van der Waals surface area contributed by atoms with E-state index >= 15 is 0 Å². The van der Waals surface area contributed by atoms with Gasteiger partial charge >= 0.3 is 5.92 Å². The lowest BCUT2D eigenvalue weighted by Gasteiger charge is -2.17. The summed E-state index contributed by atoms with van der Waals surface area (Å²) >= 11 is 0. The molecule has 0 spiro atoms. The van der Waals surface area contributed by atoms with Crippen LogP contribution in [0.4, 0.5) is 14.6 Å². The van der Waals surface area contributed by atoms with E-state index in [0.717, 1.165) is 0 Å². The Hall–Kier alpha value is -2.89. The molecule has 3 rings (SSSR count). The van der Waals surface area contributed by atoms with Crippen molar-refractivity contribution in [1.29, 1.82) is 0 Å². The molecule has 0 radical (unpaired) electrons. The minimum Gasteiger partial charge on any atom is -0.373 e. The lowest BCUT2D eigenvalue weighted by Crippen LogP contribution is -2.18. The molecule has 2 aromatic heterocycles. The maximum Gasteiger partial charge on any atom is 0.315 e. The quantitative estimate of drug-likeness (QED) is 0.797. The van der Waals surface area contributed by atoms with Gasteiger partial charge in [-0.1, -0.05) is 36.4 Å². The van der Waals surface area contributed by atoms with Crippen LogP contribution >= 0.6 is 0 Å². The average Bonchev–Trinajstić information content (AvgIpc) is 2.62. The zero-order chi connectivity index (χ0) is 16.3. The number of hydrogen-bond donors (Lipinski definition) is 1. The highest BCUT2D eigenvalue weighted by Gasteiger charge is 2.36. The molecule has 1 N–H and O–H groups in total. The van der Waals surface area contributed by atoms with Gasteiger partial charge in [-0.2, -0.15) is 8.78 Å². The summed E-state index contributed by atoms with van der Waals surface area (Å²) in [4.78, 5) is 12.4. The van der Waals surface area contributed by atoms with Crippen molar-refractivity contribution in [2.24, 2.45) is 0 Å². The van der Waals surface area contributed by atoms with Gasteiger partial charge in [0.15, 0.2) is 5.82 Å². The van der Waals surface area contributed by atoms with Crippen molar-refractivity contribution >= 4 is 5.82 Å². The van der Waals surface area contributed by atoms with Crippen molar-refractivity contribution in [1.82, 2.24) is 15.0 Å². The Kier molecular flexibility index (Phi) is 3.97. The van der Waals surface area contributed by atoms with Gasteiger partial charge in [-0.15, -0.1) is 0 Å². The normalized spacial score (nSPS) is 11.3. The number of aromatic nitrogens is 3. The first-order chi connectivity index (χ1) is 11.1. The Labute approximate surface area is 132 Å².